The summed E-state index contributed by atoms with van der Waals surface area (Å²) < 4.78 is 6.45. The standard InChI is InChI=1S/C44H31NO/c1-26-8-14-29(15-9-26)36-24-37(30-16-10-27(2)11-17-30)33-22-23-35-39(44-45-40-6-4-5-7-41(40)46-44)25-38(31-18-12-28(3)13-19-31)34-21-20-32(36)42(33)43(34)35/h4-25H,1-3H3. The van der Waals surface area contributed by atoms with E-state index in [9.17, 15) is 0 Å². The van der Waals surface area contributed by atoms with Gasteiger partial charge in [0.2, 0.25) is 5.89 Å². The van der Waals surface area contributed by atoms with Gasteiger partial charge in [-0.15, -0.1) is 0 Å². The summed E-state index contributed by atoms with van der Waals surface area (Å²) in [6.45, 7) is 6.43. The summed E-state index contributed by atoms with van der Waals surface area (Å²) in [6.07, 6.45) is 0. The summed E-state index contributed by atoms with van der Waals surface area (Å²) >= 11 is 0. The molecule has 1 heterocycles. The number of oxazole rings is 1. The van der Waals surface area contributed by atoms with Crippen molar-refractivity contribution in [3.8, 4) is 44.8 Å². The van der Waals surface area contributed by atoms with Crippen molar-refractivity contribution in [3.63, 3.8) is 0 Å². The van der Waals surface area contributed by atoms with Crippen LogP contribution in [0, 0.1) is 20.8 Å². The van der Waals surface area contributed by atoms with Gasteiger partial charge in [0.05, 0.1) is 0 Å². The van der Waals surface area contributed by atoms with Crippen LogP contribution in [-0.2, 0) is 0 Å². The van der Waals surface area contributed by atoms with E-state index in [2.05, 4.69) is 130 Å². The highest BCUT2D eigenvalue weighted by molar-refractivity contribution is 6.31. The Kier molecular flexibility index (Phi) is 5.88. The van der Waals surface area contributed by atoms with Crippen molar-refractivity contribution in [1.29, 1.82) is 0 Å². The number of hydrogen-bond donors (Lipinski definition) is 0. The van der Waals surface area contributed by atoms with Crippen LogP contribution in [0.2, 0.25) is 0 Å². The fourth-order valence-electron chi connectivity index (χ4n) is 7.07. The molecule has 0 aliphatic rings. The first-order valence-corrected chi connectivity index (χ1v) is 15.9. The third kappa shape index (κ3) is 4.14. The summed E-state index contributed by atoms with van der Waals surface area (Å²) in [5.41, 5.74) is 13.7. The van der Waals surface area contributed by atoms with E-state index in [1.807, 2.05) is 24.3 Å². The lowest BCUT2D eigenvalue weighted by molar-refractivity contribution is 0.620. The highest BCUT2D eigenvalue weighted by atomic mass is 16.3. The highest BCUT2D eigenvalue weighted by Crippen LogP contribution is 2.48. The summed E-state index contributed by atoms with van der Waals surface area (Å²) in [7, 11) is 0. The normalized spacial score (nSPS) is 11.8. The second-order valence-corrected chi connectivity index (χ2v) is 12.6. The second kappa shape index (κ2) is 10.2. The van der Waals surface area contributed by atoms with E-state index in [1.54, 1.807) is 0 Å². The fraction of sp³-hybridized carbons (Fsp3) is 0.0682. The first kappa shape index (κ1) is 26.7. The van der Waals surface area contributed by atoms with E-state index in [1.165, 1.54) is 77.0 Å². The summed E-state index contributed by atoms with van der Waals surface area (Å²) in [6, 6.07) is 48.6. The molecule has 0 aliphatic heterocycles. The van der Waals surface area contributed by atoms with Crippen molar-refractivity contribution in [2.24, 2.45) is 0 Å². The Bertz CT molecular complexity index is 2470. The largest absolute Gasteiger partial charge is 0.436 e. The van der Waals surface area contributed by atoms with Gasteiger partial charge in [-0.25, -0.2) is 4.98 Å². The number of fused-ring (bicyclic) bond motifs is 1. The SMILES string of the molecule is Cc1ccc(-c2cc(-c3ccc(C)cc3)c3ccc4c(-c5nc6ccccc6o5)cc(-c5ccc(C)cc5)c5ccc2c3c54)cc1. The van der Waals surface area contributed by atoms with Crippen LogP contribution in [-0.4, -0.2) is 4.98 Å². The Balaban J connectivity index is 1.46. The first-order chi connectivity index (χ1) is 22.5. The molecule has 0 saturated carbocycles. The van der Waals surface area contributed by atoms with E-state index in [-0.39, 0.29) is 0 Å². The van der Waals surface area contributed by atoms with Crippen molar-refractivity contribution in [3.05, 3.63) is 150 Å². The van der Waals surface area contributed by atoms with E-state index in [0.717, 1.165) is 22.0 Å². The van der Waals surface area contributed by atoms with Crippen molar-refractivity contribution < 1.29 is 4.42 Å². The second-order valence-electron chi connectivity index (χ2n) is 12.6. The van der Waals surface area contributed by atoms with Crippen LogP contribution in [0.1, 0.15) is 16.7 Å². The number of rotatable bonds is 4. The molecule has 0 radical (unpaired) electrons. The van der Waals surface area contributed by atoms with Gasteiger partial charge in [-0.1, -0.05) is 126 Å². The Labute approximate surface area is 267 Å². The zero-order chi connectivity index (χ0) is 30.9. The average molecular weight is 590 g/mol. The van der Waals surface area contributed by atoms with Gasteiger partial charge in [-0.2, -0.15) is 0 Å². The number of nitrogens with zero attached hydrogens (tertiary/aromatic N) is 1. The van der Waals surface area contributed by atoms with Crippen molar-refractivity contribution in [1.82, 2.24) is 4.98 Å². The zero-order valence-corrected chi connectivity index (χ0v) is 26.1. The molecule has 9 aromatic rings. The molecule has 0 aliphatic carbocycles. The maximum atomic E-state index is 6.45. The molecule has 0 unspecified atom stereocenters. The maximum Gasteiger partial charge on any atom is 0.227 e. The third-order valence-corrected chi connectivity index (χ3v) is 9.51. The fourth-order valence-corrected chi connectivity index (χ4v) is 7.07. The summed E-state index contributed by atoms with van der Waals surface area (Å²) in [5, 5.41) is 7.39. The van der Waals surface area contributed by atoms with Gasteiger partial charge >= 0.3 is 0 Å². The van der Waals surface area contributed by atoms with Gasteiger partial charge in [-0.3, -0.25) is 0 Å². The van der Waals surface area contributed by atoms with Crippen molar-refractivity contribution in [2.45, 2.75) is 20.8 Å². The van der Waals surface area contributed by atoms with Crippen LogP contribution >= 0.6 is 0 Å². The number of hydrogen-bond acceptors (Lipinski definition) is 2. The van der Waals surface area contributed by atoms with Crippen molar-refractivity contribution in [2.75, 3.05) is 0 Å². The molecular weight excluding hydrogens is 558 g/mol. The van der Waals surface area contributed by atoms with Crippen molar-refractivity contribution >= 4 is 43.4 Å². The quantitative estimate of drug-likeness (QED) is 0.191. The lowest BCUT2D eigenvalue weighted by Crippen LogP contribution is -1.94. The summed E-state index contributed by atoms with van der Waals surface area (Å²) in [5.74, 6) is 0.644. The molecule has 0 N–H and O–H groups in total. The minimum atomic E-state index is 0.644. The van der Waals surface area contributed by atoms with Crippen LogP contribution in [0.5, 0.6) is 0 Å². The zero-order valence-electron chi connectivity index (χ0n) is 26.1. The van der Waals surface area contributed by atoms with Gasteiger partial charge in [0.1, 0.15) is 5.52 Å². The molecule has 218 valence electrons. The van der Waals surface area contributed by atoms with Gasteiger partial charge in [-0.05, 0) is 111 Å². The van der Waals surface area contributed by atoms with Gasteiger partial charge in [0.25, 0.3) is 0 Å². The topological polar surface area (TPSA) is 26.0 Å². The molecule has 0 saturated heterocycles. The Morgan fingerprint density at radius 2 is 0.804 bits per heavy atom. The molecule has 0 fully saturated rings. The minimum absolute atomic E-state index is 0.644. The molecule has 0 amide bonds. The molecule has 8 aromatic carbocycles. The van der Waals surface area contributed by atoms with Crippen LogP contribution in [0.25, 0.3) is 88.3 Å². The molecule has 2 nitrogen and oxygen atoms in total. The molecule has 1 aromatic heterocycles. The van der Waals surface area contributed by atoms with Crippen LogP contribution in [0.15, 0.2) is 138 Å². The average Bonchev–Trinajstić information content (AvgIpc) is 3.52. The molecule has 0 bridgehead atoms. The Morgan fingerprint density at radius 3 is 1.24 bits per heavy atom. The van der Waals surface area contributed by atoms with E-state index >= 15 is 0 Å². The van der Waals surface area contributed by atoms with E-state index < -0.39 is 0 Å². The Hall–Kier alpha value is -5.73. The molecule has 2 heteroatoms. The smallest absolute Gasteiger partial charge is 0.227 e. The van der Waals surface area contributed by atoms with Gasteiger partial charge in [0, 0.05) is 5.56 Å². The predicted molar refractivity (Wildman–Crippen MR) is 194 cm³/mol. The predicted octanol–water partition coefficient (Wildman–Crippen LogP) is 12.3. The molecule has 9 rings (SSSR count). The lowest BCUT2D eigenvalue weighted by Gasteiger charge is -2.21. The van der Waals surface area contributed by atoms with Gasteiger partial charge < -0.3 is 4.42 Å². The molecule has 0 atom stereocenters. The highest BCUT2D eigenvalue weighted by Gasteiger charge is 2.22. The van der Waals surface area contributed by atoms with Crippen LogP contribution in [0.3, 0.4) is 0 Å². The maximum absolute atomic E-state index is 6.45. The van der Waals surface area contributed by atoms with Crippen LogP contribution in [0.4, 0.5) is 0 Å². The van der Waals surface area contributed by atoms with Crippen LogP contribution < -0.4 is 0 Å². The van der Waals surface area contributed by atoms with Gasteiger partial charge in [0.15, 0.2) is 5.58 Å². The lowest BCUT2D eigenvalue weighted by atomic mass is 9.82. The number of aryl methyl sites for hydroxylation is 3. The number of aromatic nitrogens is 1. The van der Waals surface area contributed by atoms with E-state index in [0.29, 0.717) is 5.89 Å². The Morgan fingerprint density at radius 1 is 0.413 bits per heavy atom. The number of benzene rings is 8. The van der Waals surface area contributed by atoms with E-state index in [4.69, 9.17) is 9.40 Å². The molecule has 0 spiro atoms. The minimum Gasteiger partial charge on any atom is -0.436 e. The third-order valence-electron chi connectivity index (χ3n) is 9.51. The molecule has 46 heavy (non-hydrogen) atoms. The monoisotopic (exact) mass is 589 g/mol. The first-order valence-electron chi connectivity index (χ1n) is 15.9. The number of para-hydroxylation sites is 2. The molecular formula is C44H31NO. The summed E-state index contributed by atoms with van der Waals surface area (Å²) in [4.78, 5) is 4.99.